The van der Waals surface area contributed by atoms with Crippen molar-refractivity contribution in [1.82, 2.24) is 4.57 Å². The Kier molecular flexibility index (Phi) is 5.30. The molecule has 0 fully saturated rings. The van der Waals surface area contributed by atoms with Crippen LogP contribution >= 0.6 is 0 Å². The van der Waals surface area contributed by atoms with Crippen LogP contribution in [0.5, 0.6) is 11.5 Å². The number of nitrogens with zero attached hydrogens (tertiary/aromatic N) is 1. The summed E-state index contributed by atoms with van der Waals surface area (Å²) in [6.07, 6.45) is -10.0. The molecule has 1 amide bonds. The molecule has 2 aromatic carbocycles. The predicted molar refractivity (Wildman–Crippen MR) is 105 cm³/mol. The fourth-order valence-corrected chi connectivity index (χ4v) is 3.66. The number of halogens is 6. The normalized spacial score (nSPS) is 13.4. The highest BCUT2D eigenvalue weighted by molar-refractivity contribution is 5.95. The number of benzene rings is 2. The summed E-state index contributed by atoms with van der Waals surface area (Å²) in [6.45, 7) is 1.57. The fourth-order valence-electron chi connectivity index (χ4n) is 3.66. The highest BCUT2D eigenvalue weighted by Crippen LogP contribution is 2.40. The molecule has 174 valence electrons. The number of alkyl halides is 6. The lowest BCUT2D eigenvalue weighted by atomic mass is 10.0. The zero-order valence-electron chi connectivity index (χ0n) is 17.0. The van der Waals surface area contributed by atoms with Gasteiger partial charge in [-0.05, 0) is 54.4 Å². The van der Waals surface area contributed by atoms with Crippen LogP contribution in [-0.2, 0) is 18.9 Å². The van der Waals surface area contributed by atoms with E-state index in [1.54, 1.807) is 18.2 Å². The van der Waals surface area contributed by atoms with E-state index in [0.29, 0.717) is 34.9 Å². The number of nitrogens with two attached hydrogens (primary N) is 1. The molecular formula is C22H16F6N2O3. The number of rotatable bonds is 4. The van der Waals surface area contributed by atoms with E-state index in [9.17, 15) is 31.1 Å². The standard InChI is InChI=1S/C22H16F6N2O3/c1-11-16(20(29)31)8-17(30(11)9-12-2-3-18-19(4-12)33-10-32-18)13-5-14(21(23,24)25)7-15(6-13)22(26,27)28/h2-8H,9-10H2,1H3,(H2,29,31). The third-order valence-electron chi connectivity index (χ3n) is 5.29. The Morgan fingerprint density at radius 1 is 0.939 bits per heavy atom. The molecule has 0 saturated carbocycles. The number of hydrogen-bond donors (Lipinski definition) is 1. The third-order valence-corrected chi connectivity index (χ3v) is 5.29. The maximum atomic E-state index is 13.4. The quantitative estimate of drug-likeness (QED) is 0.521. The number of carbonyl (C=O) groups is 1. The minimum Gasteiger partial charge on any atom is -0.454 e. The summed E-state index contributed by atoms with van der Waals surface area (Å²) >= 11 is 0. The molecule has 0 saturated heterocycles. The number of fused-ring (bicyclic) bond motifs is 1. The van der Waals surface area contributed by atoms with Crippen LogP contribution in [0.15, 0.2) is 42.5 Å². The first-order valence-electron chi connectivity index (χ1n) is 9.53. The summed E-state index contributed by atoms with van der Waals surface area (Å²) in [5.41, 5.74) is 3.01. The average molecular weight is 470 g/mol. The van der Waals surface area contributed by atoms with E-state index < -0.39 is 29.4 Å². The molecule has 0 spiro atoms. The molecule has 0 unspecified atom stereocenters. The highest BCUT2D eigenvalue weighted by Gasteiger charge is 2.37. The van der Waals surface area contributed by atoms with Gasteiger partial charge in [-0.15, -0.1) is 0 Å². The second-order valence-electron chi connectivity index (χ2n) is 7.46. The molecule has 0 bridgehead atoms. The van der Waals surface area contributed by atoms with Crippen molar-refractivity contribution in [3.05, 3.63) is 70.4 Å². The average Bonchev–Trinajstić information content (AvgIpc) is 3.31. The first kappa shape index (κ1) is 22.6. The molecule has 4 rings (SSSR count). The van der Waals surface area contributed by atoms with Gasteiger partial charge in [0.05, 0.1) is 16.7 Å². The smallest absolute Gasteiger partial charge is 0.416 e. The van der Waals surface area contributed by atoms with E-state index in [4.69, 9.17) is 15.2 Å². The van der Waals surface area contributed by atoms with Gasteiger partial charge >= 0.3 is 12.4 Å². The number of primary amides is 1. The molecule has 1 aliphatic rings. The SMILES string of the molecule is Cc1c(C(N)=O)cc(-c2cc(C(F)(F)F)cc(C(F)(F)F)c2)n1Cc1ccc2c(c1)OCO2. The van der Waals surface area contributed by atoms with E-state index in [2.05, 4.69) is 0 Å². The van der Waals surface area contributed by atoms with Crippen LogP contribution in [0.4, 0.5) is 26.3 Å². The number of aromatic nitrogens is 1. The maximum absolute atomic E-state index is 13.4. The summed E-state index contributed by atoms with van der Waals surface area (Å²) in [5, 5.41) is 0. The second-order valence-corrected chi connectivity index (χ2v) is 7.46. The molecule has 11 heteroatoms. The summed E-state index contributed by atoms with van der Waals surface area (Å²) in [5.74, 6) is 0.0994. The Balaban J connectivity index is 1.89. The molecule has 2 N–H and O–H groups in total. The Hall–Kier alpha value is -3.63. The minimum absolute atomic E-state index is 0.0169. The molecule has 3 aromatic rings. The lowest BCUT2D eigenvalue weighted by Gasteiger charge is -2.17. The zero-order valence-corrected chi connectivity index (χ0v) is 17.0. The topological polar surface area (TPSA) is 66.5 Å². The molecule has 1 aliphatic heterocycles. The van der Waals surface area contributed by atoms with Crippen molar-refractivity contribution >= 4 is 5.91 Å². The van der Waals surface area contributed by atoms with Gasteiger partial charge in [0.1, 0.15) is 0 Å². The van der Waals surface area contributed by atoms with E-state index in [-0.39, 0.29) is 36.2 Å². The summed E-state index contributed by atoms with van der Waals surface area (Å²) in [4.78, 5) is 11.9. The van der Waals surface area contributed by atoms with Gasteiger partial charge in [-0.25, -0.2) is 0 Å². The number of carbonyl (C=O) groups excluding carboxylic acids is 1. The lowest BCUT2D eigenvalue weighted by molar-refractivity contribution is -0.143. The number of hydrogen-bond acceptors (Lipinski definition) is 3. The third kappa shape index (κ3) is 4.35. The van der Waals surface area contributed by atoms with Crippen LogP contribution in [0, 0.1) is 6.92 Å². The van der Waals surface area contributed by atoms with Gasteiger partial charge in [0.25, 0.3) is 5.91 Å². The van der Waals surface area contributed by atoms with Crippen LogP contribution in [-0.4, -0.2) is 17.3 Å². The first-order valence-corrected chi connectivity index (χ1v) is 9.53. The van der Waals surface area contributed by atoms with Crippen LogP contribution in [0.25, 0.3) is 11.3 Å². The summed E-state index contributed by atoms with van der Waals surface area (Å²) in [6, 6.07) is 7.43. The van der Waals surface area contributed by atoms with E-state index >= 15 is 0 Å². The van der Waals surface area contributed by atoms with Gasteiger partial charge in [0, 0.05) is 17.9 Å². The van der Waals surface area contributed by atoms with Crippen molar-refractivity contribution in [2.24, 2.45) is 5.73 Å². The van der Waals surface area contributed by atoms with Crippen molar-refractivity contribution < 1.29 is 40.6 Å². The predicted octanol–water partition coefficient (Wildman–Crippen LogP) is 5.38. The molecule has 2 heterocycles. The van der Waals surface area contributed by atoms with Gasteiger partial charge in [-0.3, -0.25) is 4.79 Å². The van der Waals surface area contributed by atoms with E-state index in [1.807, 2.05) is 0 Å². The van der Waals surface area contributed by atoms with Crippen molar-refractivity contribution in [2.45, 2.75) is 25.8 Å². The van der Waals surface area contributed by atoms with Crippen molar-refractivity contribution in [2.75, 3.05) is 6.79 Å². The van der Waals surface area contributed by atoms with Crippen LogP contribution < -0.4 is 15.2 Å². The molecule has 0 atom stereocenters. The fraction of sp³-hybridized carbons (Fsp3) is 0.227. The van der Waals surface area contributed by atoms with Gasteiger partial charge in [-0.2, -0.15) is 26.3 Å². The second kappa shape index (κ2) is 7.75. The van der Waals surface area contributed by atoms with E-state index in [0.717, 1.165) is 0 Å². The van der Waals surface area contributed by atoms with Gasteiger partial charge in [-0.1, -0.05) is 6.07 Å². The summed E-state index contributed by atoms with van der Waals surface area (Å²) in [7, 11) is 0. The molecule has 5 nitrogen and oxygen atoms in total. The summed E-state index contributed by atoms with van der Waals surface area (Å²) < 4.78 is 92.2. The Labute approximate surface area is 183 Å². The van der Waals surface area contributed by atoms with Crippen LogP contribution in [0.2, 0.25) is 0 Å². The Bertz CT molecular complexity index is 1210. The monoisotopic (exact) mass is 470 g/mol. The largest absolute Gasteiger partial charge is 0.454 e. The molecule has 33 heavy (non-hydrogen) atoms. The first-order chi connectivity index (χ1) is 15.3. The van der Waals surface area contributed by atoms with Gasteiger partial charge in [0.15, 0.2) is 11.5 Å². The Morgan fingerprint density at radius 3 is 2.12 bits per heavy atom. The Morgan fingerprint density at radius 2 is 1.55 bits per heavy atom. The maximum Gasteiger partial charge on any atom is 0.416 e. The number of ether oxygens (including phenoxy) is 2. The van der Waals surface area contributed by atoms with E-state index in [1.165, 1.54) is 17.6 Å². The zero-order chi connectivity index (χ0) is 24.1. The molecule has 1 aromatic heterocycles. The molecule has 0 radical (unpaired) electrons. The number of amides is 1. The molecule has 0 aliphatic carbocycles. The highest BCUT2D eigenvalue weighted by atomic mass is 19.4. The van der Waals surface area contributed by atoms with Crippen LogP contribution in [0.3, 0.4) is 0 Å². The minimum atomic E-state index is -5.01. The van der Waals surface area contributed by atoms with Crippen molar-refractivity contribution in [3.63, 3.8) is 0 Å². The van der Waals surface area contributed by atoms with Crippen molar-refractivity contribution in [3.8, 4) is 22.8 Å². The van der Waals surface area contributed by atoms with Gasteiger partial charge in [0.2, 0.25) is 6.79 Å². The lowest BCUT2D eigenvalue weighted by Crippen LogP contribution is -2.13. The van der Waals surface area contributed by atoms with Gasteiger partial charge < -0.3 is 19.8 Å². The molecular weight excluding hydrogens is 454 g/mol. The van der Waals surface area contributed by atoms with Crippen molar-refractivity contribution in [1.29, 1.82) is 0 Å². The van der Waals surface area contributed by atoms with Crippen LogP contribution in [0.1, 0.15) is 32.7 Å².